The summed E-state index contributed by atoms with van der Waals surface area (Å²) in [6.07, 6.45) is 2.04. The van der Waals surface area contributed by atoms with Crippen molar-refractivity contribution in [2.24, 2.45) is 4.99 Å². The first-order valence-electron chi connectivity index (χ1n) is 9.56. The predicted octanol–water partition coefficient (Wildman–Crippen LogP) is 3.51. The molecule has 7 nitrogen and oxygen atoms in total. The average Bonchev–Trinajstić information content (AvgIpc) is 2.70. The lowest BCUT2D eigenvalue weighted by Gasteiger charge is -2.16. The van der Waals surface area contributed by atoms with Crippen molar-refractivity contribution in [3.63, 3.8) is 0 Å². The van der Waals surface area contributed by atoms with Crippen LogP contribution >= 0.6 is 24.0 Å². The van der Waals surface area contributed by atoms with E-state index in [-0.39, 0.29) is 30.1 Å². The second-order valence-corrected chi connectivity index (χ2v) is 8.41. The maximum atomic E-state index is 11.5. The predicted molar refractivity (Wildman–Crippen MR) is 134 cm³/mol. The summed E-state index contributed by atoms with van der Waals surface area (Å²) in [4.78, 5) is 4.20. The van der Waals surface area contributed by atoms with E-state index in [4.69, 9.17) is 4.74 Å². The van der Waals surface area contributed by atoms with Gasteiger partial charge in [0.25, 0.3) is 0 Å². The summed E-state index contributed by atoms with van der Waals surface area (Å²) in [5.41, 5.74) is 2.56. The zero-order valence-corrected chi connectivity index (χ0v) is 20.7. The number of sulfonamides is 1. The van der Waals surface area contributed by atoms with Crippen LogP contribution in [-0.2, 0) is 21.3 Å². The summed E-state index contributed by atoms with van der Waals surface area (Å²) < 4.78 is 31.4. The van der Waals surface area contributed by atoms with E-state index < -0.39 is 10.0 Å². The Kier molecular flexibility index (Phi) is 11.7. The van der Waals surface area contributed by atoms with E-state index in [0.29, 0.717) is 31.3 Å². The highest BCUT2D eigenvalue weighted by atomic mass is 127. The second kappa shape index (κ2) is 13.5. The number of rotatable bonds is 10. The topological polar surface area (TPSA) is 91.8 Å². The number of guanidine groups is 1. The molecule has 0 fully saturated rings. The van der Waals surface area contributed by atoms with Gasteiger partial charge < -0.3 is 15.4 Å². The molecule has 0 saturated carbocycles. The van der Waals surface area contributed by atoms with Gasteiger partial charge >= 0.3 is 0 Å². The van der Waals surface area contributed by atoms with Crippen LogP contribution in [0.5, 0.6) is 0 Å². The normalized spacial score (nSPS) is 12.6. The molecule has 0 saturated heterocycles. The smallest absolute Gasteiger partial charge is 0.229 e. The molecule has 3 N–H and O–H groups in total. The van der Waals surface area contributed by atoms with Gasteiger partial charge in [-0.3, -0.25) is 9.71 Å². The molecule has 0 aliphatic carbocycles. The van der Waals surface area contributed by atoms with Crippen LogP contribution in [0, 0.1) is 0 Å². The molecule has 0 aromatic heterocycles. The van der Waals surface area contributed by atoms with Gasteiger partial charge in [0.05, 0.1) is 18.0 Å². The second-order valence-electron chi connectivity index (χ2n) is 6.66. The van der Waals surface area contributed by atoms with Crippen LogP contribution in [0.2, 0.25) is 0 Å². The summed E-state index contributed by atoms with van der Waals surface area (Å²) in [6, 6.07) is 17.4. The summed E-state index contributed by atoms with van der Waals surface area (Å²) in [5, 5.41) is 6.44. The highest BCUT2D eigenvalue weighted by Gasteiger charge is 2.08. The van der Waals surface area contributed by atoms with Crippen molar-refractivity contribution in [2.45, 2.75) is 26.0 Å². The lowest BCUT2D eigenvalue weighted by molar-refractivity contribution is 0.0646. The van der Waals surface area contributed by atoms with E-state index in [2.05, 4.69) is 32.5 Å². The van der Waals surface area contributed by atoms with Crippen LogP contribution in [-0.4, -0.2) is 40.8 Å². The number of hydrogen-bond acceptors (Lipinski definition) is 4. The third-order valence-electron chi connectivity index (χ3n) is 4.23. The molecule has 30 heavy (non-hydrogen) atoms. The molecule has 2 rings (SSSR count). The molecule has 1 unspecified atom stereocenters. The summed E-state index contributed by atoms with van der Waals surface area (Å²) in [7, 11) is -1.63. The lowest BCUT2D eigenvalue weighted by Crippen LogP contribution is -2.37. The Morgan fingerprint density at radius 2 is 1.73 bits per heavy atom. The van der Waals surface area contributed by atoms with E-state index in [1.807, 2.05) is 37.3 Å². The Morgan fingerprint density at radius 1 is 1.07 bits per heavy atom. The standard InChI is InChI=1S/C21H30N4O3S.HI/c1-17(18-10-5-4-6-11-18)28-15-9-14-23-21(22-2)24-16-19-12-7-8-13-20(19)25-29(3,26)27;/h4-8,10-13,17,25H,9,14-16H2,1-3H3,(H2,22,23,24);1H. The number of hydrogen-bond donors (Lipinski definition) is 3. The van der Waals surface area contributed by atoms with Crippen molar-refractivity contribution in [1.29, 1.82) is 0 Å². The molecule has 0 aliphatic rings. The molecule has 0 amide bonds. The number of aliphatic imine (C=N–C) groups is 1. The molecule has 0 heterocycles. The average molecular weight is 546 g/mol. The summed E-state index contributed by atoms with van der Waals surface area (Å²) in [5.74, 6) is 0.648. The van der Waals surface area contributed by atoms with Crippen molar-refractivity contribution in [3.05, 3.63) is 65.7 Å². The van der Waals surface area contributed by atoms with E-state index in [9.17, 15) is 8.42 Å². The van der Waals surface area contributed by atoms with Crippen LogP contribution in [0.4, 0.5) is 5.69 Å². The fourth-order valence-electron chi connectivity index (χ4n) is 2.73. The Labute approximate surface area is 196 Å². The van der Waals surface area contributed by atoms with Crippen LogP contribution in [0.3, 0.4) is 0 Å². The molecule has 1 atom stereocenters. The minimum absolute atomic E-state index is 0. The van der Waals surface area contributed by atoms with E-state index >= 15 is 0 Å². The SMILES string of the molecule is CN=C(NCCCOC(C)c1ccccc1)NCc1ccccc1NS(C)(=O)=O.I. The first-order chi connectivity index (χ1) is 13.9. The maximum Gasteiger partial charge on any atom is 0.229 e. The van der Waals surface area contributed by atoms with Gasteiger partial charge in [-0.2, -0.15) is 0 Å². The number of nitrogens with zero attached hydrogens (tertiary/aromatic N) is 1. The van der Waals surface area contributed by atoms with Gasteiger partial charge in [0.2, 0.25) is 10.0 Å². The fourth-order valence-corrected chi connectivity index (χ4v) is 3.33. The van der Waals surface area contributed by atoms with E-state index in [1.54, 1.807) is 19.2 Å². The number of anilines is 1. The minimum atomic E-state index is -3.33. The fraction of sp³-hybridized carbons (Fsp3) is 0.381. The molecule has 9 heteroatoms. The highest BCUT2D eigenvalue weighted by molar-refractivity contribution is 14.0. The maximum absolute atomic E-state index is 11.5. The monoisotopic (exact) mass is 546 g/mol. The number of halogens is 1. The number of nitrogens with one attached hydrogen (secondary N) is 3. The molecule has 0 aliphatic heterocycles. The van der Waals surface area contributed by atoms with Crippen molar-refractivity contribution in [1.82, 2.24) is 10.6 Å². The van der Waals surface area contributed by atoms with Crippen molar-refractivity contribution >= 4 is 45.6 Å². The van der Waals surface area contributed by atoms with Gasteiger partial charge in [-0.1, -0.05) is 48.5 Å². The molecule has 0 spiro atoms. The van der Waals surface area contributed by atoms with Gasteiger partial charge in [-0.05, 0) is 30.5 Å². The van der Waals surface area contributed by atoms with Crippen molar-refractivity contribution in [2.75, 3.05) is 31.2 Å². The zero-order valence-electron chi connectivity index (χ0n) is 17.6. The number of ether oxygens (including phenoxy) is 1. The molecule has 0 bridgehead atoms. The minimum Gasteiger partial charge on any atom is -0.374 e. The van der Waals surface area contributed by atoms with Crippen LogP contribution in [0.1, 0.15) is 30.6 Å². The summed E-state index contributed by atoms with van der Waals surface area (Å²) in [6.45, 7) is 3.84. The van der Waals surface area contributed by atoms with Gasteiger partial charge in [-0.25, -0.2) is 8.42 Å². The third-order valence-corrected chi connectivity index (χ3v) is 4.82. The molecule has 2 aromatic rings. The van der Waals surface area contributed by atoms with Crippen LogP contribution in [0.15, 0.2) is 59.6 Å². The van der Waals surface area contributed by atoms with Gasteiger partial charge in [0.1, 0.15) is 0 Å². The Morgan fingerprint density at radius 3 is 2.40 bits per heavy atom. The van der Waals surface area contributed by atoms with Crippen LogP contribution in [0.25, 0.3) is 0 Å². The zero-order chi connectivity index (χ0) is 21.1. The van der Waals surface area contributed by atoms with Crippen molar-refractivity contribution in [3.8, 4) is 0 Å². The molecule has 2 aromatic carbocycles. The molecular formula is C21H31IN4O3S. The quantitative estimate of drug-likeness (QED) is 0.184. The number of benzene rings is 2. The van der Waals surface area contributed by atoms with Gasteiger partial charge in [0, 0.05) is 26.7 Å². The van der Waals surface area contributed by atoms with Gasteiger partial charge in [0.15, 0.2) is 5.96 Å². The van der Waals surface area contributed by atoms with Crippen molar-refractivity contribution < 1.29 is 13.2 Å². The summed E-state index contributed by atoms with van der Waals surface area (Å²) >= 11 is 0. The molecule has 0 radical (unpaired) electrons. The Bertz CT molecular complexity index is 892. The first-order valence-corrected chi connectivity index (χ1v) is 11.4. The van der Waals surface area contributed by atoms with Gasteiger partial charge in [-0.15, -0.1) is 24.0 Å². The van der Waals surface area contributed by atoms with E-state index in [0.717, 1.165) is 18.2 Å². The largest absolute Gasteiger partial charge is 0.374 e. The van der Waals surface area contributed by atoms with Crippen LogP contribution < -0.4 is 15.4 Å². The Hall–Kier alpha value is -1.85. The highest BCUT2D eigenvalue weighted by Crippen LogP contribution is 2.16. The third kappa shape index (κ3) is 9.77. The molecular weight excluding hydrogens is 515 g/mol. The molecule has 166 valence electrons. The Balaban J connectivity index is 0.00000450. The first kappa shape index (κ1) is 26.2. The van der Waals surface area contributed by atoms with E-state index in [1.165, 1.54) is 5.56 Å². The lowest BCUT2D eigenvalue weighted by atomic mass is 10.1. The number of para-hydroxylation sites is 1.